The number of ether oxygens (including phenoxy) is 3. The van der Waals surface area contributed by atoms with E-state index in [0.717, 1.165) is 37.8 Å². The SMILES string of the molecule is O=C1COc2cc(OCC3CC3)cc(c2)C(=O)N[C@H]2CN(C(=O)CCCN3CCCCC3=O)C[C@@H]2Oc2ccc(cc2)CN1. The second kappa shape index (κ2) is 13.6. The molecule has 1 aliphatic carbocycles. The molecule has 2 aromatic rings. The maximum absolute atomic E-state index is 13.6. The van der Waals surface area contributed by atoms with Gasteiger partial charge in [-0.25, -0.2) is 0 Å². The molecular formula is C33H40N4O7. The fourth-order valence-corrected chi connectivity index (χ4v) is 5.79. The Hall–Kier alpha value is -4.28. The van der Waals surface area contributed by atoms with Crippen molar-refractivity contribution in [3.8, 4) is 17.2 Å². The fourth-order valence-electron chi connectivity index (χ4n) is 5.79. The maximum Gasteiger partial charge on any atom is 0.258 e. The second-order valence-electron chi connectivity index (χ2n) is 12.1. The minimum atomic E-state index is -0.474. The molecule has 7 rings (SSSR count). The van der Waals surface area contributed by atoms with Crippen molar-refractivity contribution in [2.24, 2.45) is 5.92 Å². The number of amides is 4. The van der Waals surface area contributed by atoms with Crippen molar-refractivity contribution < 1.29 is 33.4 Å². The van der Waals surface area contributed by atoms with E-state index in [9.17, 15) is 19.2 Å². The molecule has 2 saturated heterocycles. The lowest BCUT2D eigenvalue weighted by atomic mass is 10.1. The predicted octanol–water partition coefficient (Wildman–Crippen LogP) is 2.66. The lowest BCUT2D eigenvalue weighted by molar-refractivity contribution is -0.135. The van der Waals surface area contributed by atoms with Crippen molar-refractivity contribution in [2.75, 3.05) is 39.4 Å². The third kappa shape index (κ3) is 7.81. The summed E-state index contributed by atoms with van der Waals surface area (Å²) < 4.78 is 18.1. The maximum atomic E-state index is 13.6. The van der Waals surface area contributed by atoms with Crippen LogP contribution in [0.2, 0.25) is 0 Å². The summed E-state index contributed by atoms with van der Waals surface area (Å²) in [7, 11) is 0. The summed E-state index contributed by atoms with van der Waals surface area (Å²) in [5, 5.41) is 5.93. The van der Waals surface area contributed by atoms with Gasteiger partial charge in [0.15, 0.2) is 6.61 Å². The Kier molecular flexibility index (Phi) is 9.18. The van der Waals surface area contributed by atoms with Gasteiger partial charge in [0.2, 0.25) is 11.8 Å². The third-order valence-electron chi connectivity index (χ3n) is 8.57. The standard InChI is InChI=1S/C33H40N4O7/c38-30-21-43-27-15-24(14-26(16-27)42-20-23-6-7-23)33(41)35-28-18-37(32(40)5-3-13-36-12-2-1-4-31(36)39)19-29(28)44-25-10-8-22(9-11-25)17-34-30/h8-11,14-16,23,28-29H,1-7,12-13,17-21H2,(H,34,38)(H,35,41)/t28-,29-/m0/s1. The third-order valence-corrected chi connectivity index (χ3v) is 8.57. The first-order valence-electron chi connectivity index (χ1n) is 15.7. The number of likely N-dealkylation sites (tertiary alicyclic amines) is 2. The van der Waals surface area contributed by atoms with Crippen LogP contribution in [-0.4, -0.2) is 85.0 Å². The molecular weight excluding hydrogens is 564 g/mol. The molecule has 0 unspecified atom stereocenters. The number of piperidine rings is 1. The van der Waals surface area contributed by atoms with Gasteiger partial charge in [0.05, 0.1) is 19.2 Å². The predicted molar refractivity (Wildman–Crippen MR) is 160 cm³/mol. The van der Waals surface area contributed by atoms with Crippen LogP contribution in [0.1, 0.15) is 60.9 Å². The molecule has 11 heteroatoms. The number of carbonyl (C=O) groups excluding carboxylic acids is 4. The minimum absolute atomic E-state index is 0.0285. The van der Waals surface area contributed by atoms with Crippen LogP contribution in [0.3, 0.4) is 0 Å². The number of benzene rings is 2. The second-order valence-corrected chi connectivity index (χ2v) is 12.1. The molecule has 5 aliphatic rings. The van der Waals surface area contributed by atoms with Crippen LogP contribution in [0.5, 0.6) is 17.2 Å². The average Bonchev–Trinajstić information content (AvgIpc) is 3.78. The van der Waals surface area contributed by atoms with E-state index in [0.29, 0.717) is 80.8 Å². The Morgan fingerprint density at radius 3 is 2.64 bits per heavy atom. The number of nitrogens with one attached hydrogen (secondary N) is 2. The van der Waals surface area contributed by atoms with Crippen molar-refractivity contribution >= 4 is 23.6 Å². The molecule has 234 valence electrons. The molecule has 0 aromatic heterocycles. The number of hydrogen-bond acceptors (Lipinski definition) is 7. The summed E-state index contributed by atoms with van der Waals surface area (Å²) in [4.78, 5) is 55.1. The minimum Gasteiger partial charge on any atom is -0.493 e. The monoisotopic (exact) mass is 604 g/mol. The van der Waals surface area contributed by atoms with Gasteiger partial charge in [0, 0.05) is 50.7 Å². The molecule has 0 spiro atoms. The van der Waals surface area contributed by atoms with Gasteiger partial charge in [-0.1, -0.05) is 12.1 Å². The van der Waals surface area contributed by atoms with Gasteiger partial charge < -0.3 is 34.6 Å². The van der Waals surface area contributed by atoms with Crippen LogP contribution in [-0.2, 0) is 20.9 Å². The highest BCUT2D eigenvalue weighted by Crippen LogP contribution is 2.31. The van der Waals surface area contributed by atoms with Crippen LogP contribution in [0.15, 0.2) is 42.5 Å². The van der Waals surface area contributed by atoms with Crippen molar-refractivity contribution in [3.63, 3.8) is 0 Å². The van der Waals surface area contributed by atoms with Crippen LogP contribution >= 0.6 is 0 Å². The first-order valence-corrected chi connectivity index (χ1v) is 15.7. The van der Waals surface area contributed by atoms with Gasteiger partial charge in [0.1, 0.15) is 23.4 Å². The normalized spacial score (nSPS) is 22.3. The highest BCUT2D eigenvalue weighted by Gasteiger charge is 2.38. The van der Waals surface area contributed by atoms with Gasteiger partial charge in [0.25, 0.3) is 11.8 Å². The van der Waals surface area contributed by atoms with E-state index in [-0.39, 0.29) is 30.2 Å². The van der Waals surface area contributed by atoms with E-state index < -0.39 is 12.1 Å². The number of nitrogens with zero attached hydrogens (tertiary/aromatic N) is 2. The van der Waals surface area contributed by atoms with E-state index >= 15 is 0 Å². The molecule has 2 N–H and O–H groups in total. The summed E-state index contributed by atoms with van der Waals surface area (Å²) in [5.74, 6) is 1.47. The molecule has 2 atom stereocenters. The topological polar surface area (TPSA) is 127 Å². The molecule has 44 heavy (non-hydrogen) atoms. The Morgan fingerprint density at radius 2 is 1.84 bits per heavy atom. The first kappa shape index (κ1) is 29.8. The Morgan fingerprint density at radius 1 is 1.00 bits per heavy atom. The van der Waals surface area contributed by atoms with Gasteiger partial charge in [-0.05, 0) is 67.9 Å². The van der Waals surface area contributed by atoms with Gasteiger partial charge in [-0.15, -0.1) is 0 Å². The Balaban J connectivity index is 1.18. The zero-order valence-electron chi connectivity index (χ0n) is 24.9. The molecule has 4 heterocycles. The average molecular weight is 605 g/mol. The highest BCUT2D eigenvalue weighted by atomic mass is 16.5. The molecule has 3 fully saturated rings. The molecule has 0 radical (unpaired) electrons. The molecule has 4 bridgehead atoms. The van der Waals surface area contributed by atoms with Crippen molar-refractivity contribution in [3.05, 3.63) is 53.6 Å². The number of hydrogen-bond donors (Lipinski definition) is 2. The van der Waals surface area contributed by atoms with Crippen LogP contribution in [0, 0.1) is 5.92 Å². The lowest BCUT2D eigenvalue weighted by Crippen LogP contribution is -2.45. The fraction of sp³-hybridized carbons (Fsp3) is 0.515. The number of carbonyl (C=O) groups is 4. The van der Waals surface area contributed by atoms with Gasteiger partial charge in [-0.3, -0.25) is 19.2 Å². The largest absolute Gasteiger partial charge is 0.493 e. The summed E-state index contributed by atoms with van der Waals surface area (Å²) in [6.07, 6.45) is 5.21. The Bertz CT molecular complexity index is 1380. The zero-order chi connectivity index (χ0) is 30.5. The van der Waals surface area contributed by atoms with Crippen molar-refractivity contribution in [1.29, 1.82) is 0 Å². The lowest BCUT2D eigenvalue weighted by Gasteiger charge is -2.26. The quantitative estimate of drug-likeness (QED) is 0.498. The van der Waals surface area contributed by atoms with Gasteiger partial charge >= 0.3 is 0 Å². The number of rotatable bonds is 7. The van der Waals surface area contributed by atoms with Crippen LogP contribution in [0.25, 0.3) is 0 Å². The van der Waals surface area contributed by atoms with E-state index in [2.05, 4.69) is 10.6 Å². The van der Waals surface area contributed by atoms with Crippen molar-refractivity contribution in [2.45, 2.75) is 63.6 Å². The molecule has 1 saturated carbocycles. The van der Waals surface area contributed by atoms with Crippen LogP contribution < -0.4 is 24.8 Å². The summed E-state index contributed by atoms with van der Waals surface area (Å²) in [6, 6.07) is 11.9. The van der Waals surface area contributed by atoms with Gasteiger partial charge in [-0.2, -0.15) is 0 Å². The molecule has 11 nitrogen and oxygen atoms in total. The van der Waals surface area contributed by atoms with E-state index in [1.54, 1.807) is 23.1 Å². The molecule has 4 amide bonds. The highest BCUT2D eigenvalue weighted by molar-refractivity contribution is 5.95. The van der Waals surface area contributed by atoms with E-state index in [1.165, 1.54) is 0 Å². The molecule has 2 aromatic carbocycles. The first-order chi connectivity index (χ1) is 21.4. The van der Waals surface area contributed by atoms with E-state index in [1.807, 2.05) is 29.2 Å². The summed E-state index contributed by atoms with van der Waals surface area (Å²) in [6.45, 7) is 2.64. The zero-order valence-corrected chi connectivity index (χ0v) is 24.9. The van der Waals surface area contributed by atoms with Crippen molar-refractivity contribution in [1.82, 2.24) is 20.4 Å². The number of fused-ring (bicyclic) bond motifs is 7. The van der Waals surface area contributed by atoms with E-state index in [4.69, 9.17) is 14.2 Å². The summed E-state index contributed by atoms with van der Waals surface area (Å²) in [5.41, 5.74) is 1.23. The molecule has 4 aliphatic heterocycles. The Labute approximate surface area is 257 Å². The smallest absolute Gasteiger partial charge is 0.258 e. The summed E-state index contributed by atoms with van der Waals surface area (Å²) >= 11 is 0. The van der Waals surface area contributed by atoms with Crippen LogP contribution in [0.4, 0.5) is 0 Å².